The van der Waals surface area contributed by atoms with E-state index in [4.69, 9.17) is 4.74 Å². The van der Waals surface area contributed by atoms with E-state index in [0.29, 0.717) is 52.8 Å². The van der Waals surface area contributed by atoms with E-state index in [-0.39, 0.29) is 53.4 Å². The molecule has 16 nitrogen and oxygen atoms in total. The monoisotopic (exact) mass is 929 g/mol. The van der Waals surface area contributed by atoms with E-state index in [1.54, 1.807) is 61.9 Å². The normalized spacial score (nSPS) is 14.7. The molecule has 18 heteroatoms. The number of carbonyl (C=O) groups excluding carboxylic acids is 5. The number of halogens is 2. The molecule has 1 atom stereocenters. The van der Waals surface area contributed by atoms with E-state index in [9.17, 15) is 37.5 Å². The first-order valence-corrected chi connectivity index (χ1v) is 23.2. The Labute approximate surface area is 390 Å². The lowest BCUT2D eigenvalue weighted by Gasteiger charge is -2.27. The van der Waals surface area contributed by atoms with Crippen LogP contribution in [0.2, 0.25) is 0 Å². The van der Waals surface area contributed by atoms with Gasteiger partial charge in [-0.1, -0.05) is 56.2 Å². The first kappa shape index (κ1) is 47.0. The molecule has 0 aliphatic carbocycles. The number of pyridine rings is 1. The number of piperidine rings is 1. The van der Waals surface area contributed by atoms with Crippen LogP contribution in [0.25, 0.3) is 22.0 Å². The van der Waals surface area contributed by atoms with Crippen molar-refractivity contribution in [3.8, 4) is 22.6 Å². The van der Waals surface area contributed by atoms with Crippen molar-refractivity contribution >= 4 is 51.8 Å². The number of rotatable bonds is 22. The van der Waals surface area contributed by atoms with Gasteiger partial charge in [-0.05, 0) is 80.6 Å². The molecule has 354 valence electrons. The predicted octanol–water partition coefficient (Wildman–Crippen LogP) is 8.18. The van der Waals surface area contributed by atoms with Gasteiger partial charge in [-0.2, -0.15) is 0 Å². The highest BCUT2D eigenvalue weighted by Crippen LogP contribution is 2.39. The topological polar surface area (TPSA) is 202 Å². The number of hydrogen-bond donors (Lipinski definition) is 4. The third-order valence-electron chi connectivity index (χ3n) is 12.3. The Hall–Kier alpha value is -7.50. The molecule has 0 spiro atoms. The third-order valence-corrected chi connectivity index (χ3v) is 12.3. The zero-order chi connectivity index (χ0) is 47.7. The number of fused-ring (bicyclic) bond motifs is 2. The average Bonchev–Trinajstić information content (AvgIpc) is 4.06. The number of anilines is 2. The standard InChI is InChI=1S/C50H53F2N9O7/c1-59-30-37(34-23-25-54-46(34)50(59)67)36-28-32(18-21-41(36)68-42-20-17-31(51)27-38(42)52)55-43(62)16-11-13-33-29-60(58-57-33)26-10-8-6-4-2-3-5-7-9-24-53-39-15-12-14-35-45(39)49(66)61(48(35)65)40-19-22-44(63)56-47(40)64/h12,14-15,17-18,20-21,23,25,27-30,40,53-54H,2-11,13,16,19,22,24,26H2,1H3,(H,55,62)(H,56,63,64). The summed E-state index contributed by atoms with van der Waals surface area (Å²) < 4.78 is 37.5. The maximum atomic E-state index is 14.6. The first-order chi connectivity index (χ1) is 32.9. The molecule has 5 amide bonds. The van der Waals surface area contributed by atoms with Gasteiger partial charge < -0.3 is 24.9 Å². The Kier molecular flexibility index (Phi) is 14.8. The summed E-state index contributed by atoms with van der Waals surface area (Å²) in [7, 11) is 1.62. The zero-order valence-corrected chi connectivity index (χ0v) is 37.7. The van der Waals surface area contributed by atoms with Gasteiger partial charge in [-0.15, -0.1) is 5.10 Å². The van der Waals surface area contributed by atoms with Crippen LogP contribution >= 0.6 is 0 Å². The summed E-state index contributed by atoms with van der Waals surface area (Å²) in [6.07, 6.45) is 16.5. The highest BCUT2D eigenvalue weighted by Gasteiger charge is 2.45. The number of ether oxygens (including phenoxy) is 1. The smallest absolute Gasteiger partial charge is 0.274 e. The summed E-state index contributed by atoms with van der Waals surface area (Å²) in [5.41, 5.74) is 3.64. The second kappa shape index (κ2) is 21.4. The van der Waals surface area contributed by atoms with Crippen LogP contribution in [-0.4, -0.2) is 71.6 Å². The molecule has 3 aromatic carbocycles. The number of unbranched alkanes of at least 4 members (excludes halogenated alkanes) is 8. The van der Waals surface area contributed by atoms with Crippen LogP contribution in [0.5, 0.6) is 11.5 Å². The van der Waals surface area contributed by atoms with Crippen molar-refractivity contribution in [2.75, 3.05) is 17.2 Å². The fourth-order valence-corrected chi connectivity index (χ4v) is 8.80. The second-order valence-corrected chi connectivity index (χ2v) is 17.3. The zero-order valence-electron chi connectivity index (χ0n) is 37.7. The van der Waals surface area contributed by atoms with Gasteiger partial charge in [0, 0.05) is 85.5 Å². The van der Waals surface area contributed by atoms with Gasteiger partial charge in [0.2, 0.25) is 17.7 Å². The molecule has 0 saturated carbocycles. The predicted molar refractivity (Wildman–Crippen MR) is 250 cm³/mol. The molecule has 68 heavy (non-hydrogen) atoms. The van der Waals surface area contributed by atoms with Crippen molar-refractivity contribution in [1.29, 1.82) is 0 Å². The lowest BCUT2D eigenvalue weighted by atomic mass is 10.0. The molecular weight excluding hydrogens is 877 g/mol. The van der Waals surface area contributed by atoms with Crippen LogP contribution in [0.1, 0.15) is 110 Å². The molecular formula is C50H53F2N9O7. The van der Waals surface area contributed by atoms with E-state index in [1.165, 1.54) is 10.6 Å². The van der Waals surface area contributed by atoms with Gasteiger partial charge in [0.25, 0.3) is 17.4 Å². The number of aromatic amines is 1. The van der Waals surface area contributed by atoms with Gasteiger partial charge in [0.15, 0.2) is 11.6 Å². The fraction of sp³-hybridized carbons (Fsp3) is 0.360. The van der Waals surface area contributed by atoms with E-state index in [0.717, 1.165) is 87.1 Å². The molecule has 2 aliphatic rings. The van der Waals surface area contributed by atoms with E-state index >= 15 is 0 Å². The number of amides is 5. The average molecular weight is 930 g/mol. The molecule has 1 saturated heterocycles. The maximum absolute atomic E-state index is 14.6. The Morgan fingerprint density at radius 3 is 2.37 bits per heavy atom. The minimum atomic E-state index is -0.991. The molecule has 6 aromatic rings. The molecule has 2 aliphatic heterocycles. The summed E-state index contributed by atoms with van der Waals surface area (Å²) >= 11 is 0. The van der Waals surface area contributed by atoms with Crippen molar-refractivity contribution in [2.24, 2.45) is 7.05 Å². The van der Waals surface area contributed by atoms with Crippen LogP contribution < -0.4 is 26.2 Å². The van der Waals surface area contributed by atoms with Crippen molar-refractivity contribution in [1.82, 2.24) is 34.8 Å². The van der Waals surface area contributed by atoms with Crippen molar-refractivity contribution in [2.45, 2.75) is 102 Å². The Bertz CT molecular complexity index is 2930. The number of aromatic nitrogens is 5. The third kappa shape index (κ3) is 10.9. The summed E-state index contributed by atoms with van der Waals surface area (Å²) in [6.45, 7) is 1.41. The van der Waals surface area contributed by atoms with E-state index in [1.807, 2.05) is 10.9 Å². The Morgan fingerprint density at radius 1 is 0.824 bits per heavy atom. The largest absolute Gasteiger partial charge is 0.454 e. The number of carbonyl (C=O) groups is 5. The number of nitrogens with one attached hydrogen (secondary N) is 4. The van der Waals surface area contributed by atoms with E-state index < -0.39 is 41.3 Å². The Morgan fingerprint density at radius 2 is 1.59 bits per heavy atom. The van der Waals surface area contributed by atoms with Crippen molar-refractivity contribution in [3.05, 3.63) is 118 Å². The maximum Gasteiger partial charge on any atom is 0.274 e. The second-order valence-electron chi connectivity index (χ2n) is 17.3. The highest BCUT2D eigenvalue weighted by atomic mass is 19.1. The highest BCUT2D eigenvalue weighted by molar-refractivity contribution is 6.25. The lowest BCUT2D eigenvalue weighted by Crippen LogP contribution is -2.54. The summed E-state index contributed by atoms with van der Waals surface area (Å²) in [5, 5.41) is 17.7. The van der Waals surface area contributed by atoms with Crippen molar-refractivity contribution in [3.63, 3.8) is 0 Å². The van der Waals surface area contributed by atoms with Crippen molar-refractivity contribution < 1.29 is 37.5 Å². The molecule has 0 radical (unpaired) electrons. The van der Waals surface area contributed by atoms with Crippen LogP contribution in [-0.2, 0) is 34.4 Å². The summed E-state index contributed by atoms with van der Waals surface area (Å²) in [6, 6.07) is 13.8. The van der Waals surface area contributed by atoms with Crippen LogP contribution in [0.4, 0.5) is 20.2 Å². The van der Waals surface area contributed by atoms with Crippen LogP contribution in [0, 0.1) is 11.6 Å². The molecule has 5 heterocycles. The lowest BCUT2D eigenvalue weighted by molar-refractivity contribution is -0.136. The number of hydrogen-bond acceptors (Lipinski definition) is 10. The number of benzene rings is 3. The minimum Gasteiger partial charge on any atom is -0.454 e. The van der Waals surface area contributed by atoms with Gasteiger partial charge in [0.1, 0.15) is 23.1 Å². The summed E-state index contributed by atoms with van der Waals surface area (Å²) in [4.78, 5) is 80.2. The number of H-pyrrole nitrogens is 1. The van der Waals surface area contributed by atoms with Gasteiger partial charge in [0.05, 0.1) is 16.8 Å². The molecule has 1 fully saturated rings. The summed E-state index contributed by atoms with van der Waals surface area (Å²) in [5.74, 6) is -3.82. The number of imide groups is 2. The Balaban J connectivity index is 0.711. The first-order valence-electron chi connectivity index (χ1n) is 23.2. The molecule has 4 N–H and O–H groups in total. The SMILES string of the molecule is Cn1cc(-c2cc(NC(=O)CCCc3cn(CCCCCCCCCCCNc4cccc5c4C(=O)N(C4CCC(=O)NC4=O)C5=O)nn3)ccc2Oc2ccc(F)cc2F)c2cc[nH]c2c1=O. The number of aryl methyl sites for hydroxylation is 3. The molecule has 8 rings (SSSR count). The van der Waals surface area contributed by atoms with Gasteiger partial charge in [-0.3, -0.25) is 43.7 Å². The van der Waals surface area contributed by atoms with Gasteiger partial charge >= 0.3 is 0 Å². The fourth-order valence-electron chi connectivity index (χ4n) is 8.80. The van der Waals surface area contributed by atoms with Crippen LogP contribution in [0.15, 0.2) is 84.0 Å². The minimum absolute atomic E-state index is 0.0773. The van der Waals surface area contributed by atoms with E-state index in [2.05, 4.69) is 31.2 Å². The molecule has 3 aromatic heterocycles. The molecule has 0 bridgehead atoms. The van der Waals surface area contributed by atoms with Crippen LogP contribution in [0.3, 0.4) is 0 Å². The molecule has 1 unspecified atom stereocenters. The van der Waals surface area contributed by atoms with Gasteiger partial charge in [-0.25, -0.2) is 8.78 Å². The number of nitrogens with zero attached hydrogens (tertiary/aromatic N) is 5. The quantitative estimate of drug-likeness (QED) is 0.0380.